The minimum Gasteiger partial charge on any atom is -0.486 e. The van der Waals surface area contributed by atoms with Crippen LogP contribution in [0.15, 0.2) is 12.1 Å². The molecular formula is C12H15N3O5. The zero-order valence-corrected chi connectivity index (χ0v) is 11.1. The molecule has 1 aromatic rings. The van der Waals surface area contributed by atoms with Gasteiger partial charge in [0.15, 0.2) is 11.5 Å². The number of amides is 1. The van der Waals surface area contributed by atoms with Crippen LogP contribution in [-0.4, -0.2) is 29.6 Å². The van der Waals surface area contributed by atoms with Crippen molar-refractivity contribution in [1.82, 2.24) is 0 Å². The molecule has 20 heavy (non-hydrogen) atoms. The highest BCUT2D eigenvalue weighted by atomic mass is 16.6. The normalized spacial score (nSPS) is 13.8. The number of hydrogen-bond donors (Lipinski definition) is 2. The number of benzene rings is 1. The van der Waals surface area contributed by atoms with Gasteiger partial charge in [-0.1, -0.05) is 0 Å². The van der Waals surface area contributed by atoms with Crippen molar-refractivity contribution in [3.63, 3.8) is 0 Å². The Kier molecular flexibility index (Phi) is 3.49. The lowest BCUT2D eigenvalue weighted by Crippen LogP contribution is -2.45. The van der Waals surface area contributed by atoms with Gasteiger partial charge in [0.25, 0.3) is 5.69 Å². The number of nitro groups is 1. The molecule has 0 unspecified atom stereocenters. The van der Waals surface area contributed by atoms with Crippen LogP contribution in [-0.2, 0) is 4.79 Å². The molecule has 0 bridgehead atoms. The highest BCUT2D eigenvalue weighted by Gasteiger charge is 2.27. The predicted molar refractivity (Wildman–Crippen MR) is 71.0 cm³/mol. The summed E-state index contributed by atoms with van der Waals surface area (Å²) in [6.45, 7) is 3.69. The number of rotatable bonds is 3. The van der Waals surface area contributed by atoms with Crippen molar-refractivity contribution in [2.24, 2.45) is 5.73 Å². The number of nitrogens with zero attached hydrogens (tertiary/aromatic N) is 1. The van der Waals surface area contributed by atoms with Crippen LogP contribution in [0.1, 0.15) is 13.8 Å². The Balaban J connectivity index is 2.40. The molecule has 0 radical (unpaired) electrons. The monoisotopic (exact) mass is 281 g/mol. The van der Waals surface area contributed by atoms with Gasteiger partial charge >= 0.3 is 0 Å². The van der Waals surface area contributed by atoms with Crippen molar-refractivity contribution in [3.8, 4) is 11.5 Å². The lowest BCUT2D eigenvalue weighted by molar-refractivity contribution is -0.384. The van der Waals surface area contributed by atoms with Crippen LogP contribution in [0.2, 0.25) is 0 Å². The third kappa shape index (κ3) is 2.80. The van der Waals surface area contributed by atoms with Gasteiger partial charge in [0, 0.05) is 6.07 Å². The molecule has 1 heterocycles. The quantitative estimate of drug-likeness (QED) is 0.631. The molecule has 0 fully saturated rings. The first kappa shape index (κ1) is 14.1. The van der Waals surface area contributed by atoms with Gasteiger partial charge in [-0.25, -0.2) is 0 Å². The van der Waals surface area contributed by atoms with E-state index in [1.165, 1.54) is 26.0 Å². The Morgan fingerprint density at radius 3 is 2.40 bits per heavy atom. The molecule has 2 rings (SSSR count). The summed E-state index contributed by atoms with van der Waals surface area (Å²) in [5.74, 6) is 0.109. The minimum atomic E-state index is -1.15. The van der Waals surface area contributed by atoms with Crippen LogP contribution in [0.4, 0.5) is 11.4 Å². The Morgan fingerprint density at radius 2 is 1.90 bits per heavy atom. The average molecular weight is 281 g/mol. The zero-order valence-electron chi connectivity index (χ0n) is 11.1. The number of ether oxygens (including phenoxy) is 2. The Morgan fingerprint density at radius 1 is 1.35 bits per heavy atom. The fourth-order valence-electron chi connectivity index (χ4n) is 1.61. The summed E-state index contributed by atoms with van der Waals surface area (Å²) >= 11 is 0. The van der Waals surface area contributed by atoms with Gasteiger partial charge in [-0.2, -0.15) is 0 Å². The maximum absolute atomic E-state index is 11.8. The van der Waals surface area contributed by atoms with E-state index >= 15 is 0 Å². The second-order valence-electron chi connectivity index (χ2n) is 4.95. The van der Waals surface area contributed by atoms with Gasteiger partial charge in [0.2, 0.25) is 5.91 Å². The molecule has 1 aromatic carbocycles. The predicted octanol–water partition coefficient (Wildman–Crippen LogP) is 1.04. The van der Waals surface area contributed by atoms with Gasteiger partial charge in [-0.3, -0.25) is 14.9 Å². The Hall–Kier alpha value is -2.35. The number of hydrogen-bond acceptors (Lipinski definition) is 6. The first-order valence-electron chi connectivity index (χ1n) is 5.97. The lowest BCUT2D eigenvalue weighted by atomic mass is 10.1. The third-order valence-corrected chi connectivity index (χ3v) is 2.69. The van der Waals surface area contributed by atoms with E-state index in [4.69, 9.17) is 15.2 Å². The van der Waals surface area contributed by atoms with Gasteiger partial charge in [-0.15, -0.1) is 0 Å². The molecule has 108 valence electrons. The van der Waals surface area contributed by atoms with E-state index in [1.54, 1.807) is 0 Å². The summed E-state index contributed by atoms with van der Waals surface area (Å²) in [4.78, 5) is 22.3. The van der Waals surface area contributed by atoms with Gasteiger partial charge in [-0.05, 0) is 13.8 Å². The molecule has 0 saturated carbocycles. The molecule has 3 N–H and O–H groups in total. The van der Waals surface area contributed by atoms with Crippen molar-refractivity contribution in [2.75, 3.05) is 18.5 Å². The van der Waals surface area contributed by atoms with Crippen molar-refractivity contribution in [1.29, 1.82) is 0 Å². The van der Waals surface area contributed by atoms with Crippen molar-refractivity contribution in [2.45, 2.75) is 19.4 Å². The molecule has 0 aliphatic carbocycles. The van der Waals surface area contributed by atoms with Crippen LogP contribution in [0.3, 0.4) is 0 Å². The molecule has 0 aromatic heterocycles. The van der Waals surface area contributed by atoms with E-state index in [9.17, 15) is 14.9 Å². The summed E-state index contributed by atoms with van der Waals surface area (Å²) < 4.78 is 10.6. The smallest absolute Gasteiger partial charge is 0.296 e. The minimum absolute atomic E-state index is 0.0303. The molecule has 8 nitrogen and oxygen atoms in total. The molecule has 0 spiro atoms. The Bertz CT molecular complexity index is 565. The molecule has 0 saturated heterocycles. The average Bonchev–Trinajstić information content (AvgIpc) is 2.36. The lowest BCUT2D eigenvalue weighted by Gasteiger charge is -2.21. The third-order valence-electron chi connectivity index (χ3n) is 2.69. The van der Waals surface area contributed by atoms with Crippen molar-refractivity contribution in [3.05, 3.63) is 22.2 Å². The van der Waals surface area contributed by atoms with E-state index in [1.807, 2.05) is 0 Å². The van der Waals surface area contributed by atoms with Crippen molar-refractivity contribution >= 4 is 17.3 Å². The topological polar surface area (TPSA) is 117 Å². The van der Waals surface area contributed by atoms with Gasteiger partial charge < -0.3 is 20.5 Å². The summed E-state index contributed by atoms with van der Waals surface area (Å²) in [7, 11) is 0. The van der Waals surface area contributed by atoms with Gasteiger partial charge in [0.1, 0.15) is 18.9 Å². The zero-order chi connectivity index (χ0) is 14.9. The molecular weight excluding hydrogens is 266 g/mol. The summed E-state index contributed by atoms with van der Waals surface area (Å²) in [5, 5.41) is 13.5. The van der Waals surface area contributed by atoms with E-state index < -0.39 is 16.4 Å². The van der Waals surface area contributed by atoms with Crippen LogP contribution < -0.4 is 20.5 Å². The second kappa shape index (κ2) is 4.97. The number of carbonyl (C=O) groups excluding carboxylic acids is 1. The fourth-order valence-corrected chi connectivity index (χ4v) is 1.61. The molecule has 0 atom stereocenters. The highest BCUT2D eigenvalue weighted by molar-refractivity contribution is 5.99. The fraction of sp³-hybridized carbons (Fsp3) is 0.417. The molecule has 1 amide bonds. The first-order valence-corrected chi connectivity index (χ1v) is 5.97. The van der Waals surface area contributed by atoms with E-state index in [0.29, 0.717) is 19.0 Å². The Labute approximate surface area is 115 Å². The number of carbonyl (C=O) groups is 1. The maximum atomic E-state index is 11.8. The largest absolute Gasteiger partial charge is 0.486 e. The first-order chi connectivity index (χ1) is 9.29. The second-order valence-corrected chi connectivity index (χ2v) is 4.95. The van der Waals surface area contributed by atoms with Crippen LogP contribution in [0.25, 0.3) is 0 Å². The molecule has 1 aliphatic rings. The SMILES string of the molecule is CC(C)(N)C(=O)Nc1cc2c(cc1[N+](=O)[O-])OCCO2. The summed E-state index contributed by atoms with van der Waals surface area (Å²) in [5.41, 5.74) is 4.26. The van der Waals surface area contributed by atoms with E-state index in [0.717, 1.165) is 0 Å². The molecule has 1 aliphatic heterocycles. The number of nitro benzene ring substituents is 1. The van der Waals surface area contributed by atoms with Crippen LogP contribution in [0, 0.1) is 10.1 Å². The maximum Gasteiger partial charge on any atom is 0.296 e. The number of nitrogens with two attached hydrogens (primary N) is 1. The van der Waals surface area contributed by atoms with Crippen molar-refractivity contribution < 1.29 is 19.2 Å². The van der Waals surface area contributed by atoms with Gasteiger partial charge in [0.05, 0.1) is 16.5 Å². The standard InChI is InChI=1S/C12H15N3O5/c1-12(2,13)11(16)14-7-5-9-10(20-4-3-19-9)6-8(7)15(17)18/h5-6H,3-4,13H2,1-2H3,(H,14,16). The summed E-state index contributed by atoms with van der Waals surface area (Å²) in [6.07, 6.45) is 0. The molecule has 8 heteroatoms. The number of fused-ring (bicyclic) bond motifs is 1. The number of nitrogens with one attached hydrogen (secondary N) is 1. The highest BCUT2D eigenvalue weighted by Crippen LogP contribution is 2.39. The van der Waals surface area contributed by atoms with Crippen LogP contribution in [0.5, 0.6) is 11.5 Å². The summed E-state index contributed by atoms with van der Waals surface area (Å²) in [6, 6.07) is 2.60. The van der Waals surface area contributed by atoms with Crippen LogP contribution >= 0.6 is 0 Å². The number of anilines is 1. The van der Waals surface area contributed by atoms with E-state index in [2.05, 4.69) is 5.32 Å². The van der Waals surface area contributed by atoms with E-state index in [-0.39, 0.29) is 17.1 Å².